The molecule has 3 rings (SSSR count). The van der Waals surface area contributed by atoms with Gasteiger partial charge in [0.15, 0.2) is 0 Å². The molecule has 0 unspecified atom stereocenters. The van der Waals surface area contributed by atoms with E-state index < -0.39 is 11.3 Å². The van der Waals surface area contributed by atoms with Crippen molar-refractivity contribution >= 4 is 5.91 Å². The molecular formula is C24H31NO2. The Hall–Kier alpha value is -2.13. The first-order chi connectivity index (χ1) is 12.7. The van der Waals surface area contributed by atoms with Gasteiger partial charge >= 0.3 is 0 Å². The van der Waals surface area contributed by atoms with E-state index in [0.29, 0.717) is 0 Å². The van der Waals surface area contributed by atoms with E-state index in [4.69, 9.17) is 4.74 Å². The Morgan fingerprint density at radius 1 is 0.963 bits per heavy atom. The van der Waals surface area contributed by atoms with Crippen LogP contribution >= 0.6 is 0 Å². The lowest BCUT2D eigenvalue weighted by molar-refractivity contribution is -0.153. The van der Waals surface area contributed by atoms with Crippen LogP contribution in [0.4, 0.5) is 0 Å². The summed E-state index contributed by atoms with van der Waals surface area (Å²) in [6.07, 6.45) is 1.53. The molecule has 27 heavy (non-hydrogen) atoms. The molecule has 1 fully saturated rings. The van der Waals surface area contributed by atoms with Gasteiger partial charge in [0.1, 0.15) is 5.72 Å². The van der Waals surface area contributed by atoms with Crippen LogP contribution in [0, 0.1) is 5.92 Å². The van der Waals surface area contributed by atoms with Crippen LogP contribution in [0.2, 0.25) is 0 Å². The standard InChI is InChI=1S/C24H31NO2/c1-18(16-19-12-8-6-9-13-19)22(26)25-21(17-20-14-10-7-11-15-20)23(2,3)27-24(25,4)5/h6-15,18,21H,16-17H2,1-5H3/t18-,21+/m1/s1. The lowest BCUT2D eigenvalue weighted by atomic mass is 9.90. The maximum absolute atomic E-state index is 13.5. The highest BCUT2D eigenvalue weighted by molar-refractivity contribution is 5.80. The first kappa shape index (κ1) is 19.6. The highest BCUT2D eigenvalue weighted by Crippen LogP contribution is 2.41. The molecule has 1 amide bonds. The number of benzene rings is 2. The maximum Gasteiger partial charge on any atom is 0.228 e. The summed E-state index contributed by atoms with van der Waals surface area (Å²) in [7, 11) is 0. The molecule has 1 aliphatic heterocycles. The van der Waals surface area contributed by atoms with E-state index in [-0.39, 0.29) is 17.9 Å². The number of carbonyl (C=O) groups is 1. The Morgan fingerprint density at radius 3 is 2.04 bits per heavy atom. The van der Waals surface area contributed by atoms with Gasteiger partial charge in [-0.25, -0.2) is 0 Å². The van der Waals surface area contributed by atoms with E-state index in [2.05, 4.69) is 38.1 Å². The van der Waals surface area contributed by atoms with Crippen LogP contribution in [0.1, 0.15) is 45.7 Å². The number of ether oxygens (including phenoxy) is 1. The largest absolute Gasteiger partial charge is 0.348 e. The summed E-state index contributed by atoms with van der Waals surface area (Å²) in [5.41, 5.74) is 1.40. The zero-order valence-electron chi connectivity index (χ0n) is 17.1. The van der Waals surface area contributed by atoms with Gasteiger partial charge in [-0.2, -0.15) is 0 Å². The van der Waals surface area contributed by atoms with Crippen LogP contribution in [0.15, 0.2) is 60.7 Å². The zero-order chi connectivity index (χ0) is 19.7. The van der Waals surface area contributed by atoms with Crippen LogP contribution < -0.4 is 0 Å². The Kier molecular flexibility index (Phi) is 5.43. The minimum absolute atomic E-state index is 0.000577. The van der Waals surface area contributed by atoms with Gasteiger partial charge in [-0.1, -0.05) is 67.6 Å². The Labute approximate surface area is 163 Å². The zero-order valence-corrected chi connectivity index (χ0v) is 17.1. The second-order valence-corrected chi connectivity index (χ2v) is 8.66. The summed E-state index contributed by atoms with van der Waals surface area (Å²) in [6, 6.07) is 20.6. The molecule has 0 spiro atoms. The second-order valence-electron chi connectivity index (χ2n) is 8.66. The number of hydrogen-bond donors (Lipinski definition) is 0. The molecule has 0 aromatic heterocycles. The fourth-order valence-electron chi connectivity index (χ4n) is 4.33. The minimum atomic E-state index is -0.620. The van der Waals surface area contributed by atoms with E-state index in [1.165, 1.54) is 11.1 Å². The summed E-state index contributed by atoms with van der Waals surface area (Å²) in [6.45, 7) is 10.2. The van der Waals surface area contributed by atoms with Crippen LogP contribution in [0.25, 0.3) is 0 Å². The van der Waals surface area contributed by atoms with Crippen molar-refractivity contribution in [3.63, 3.8) is 0 Å². The highest BCUT2D eigenvalue weighted by atomic mass is 16.6. The average molecular weight is 366 g/mol. The summed E-state index contributed by atoms with van der Waals surface area (Å²) in [5, 5.41) is 0. The van der Waals surface area contributed by atoms with Gasteiger partial charge in [-0.15, -0.1) is 0 Å². The molecule has 0 bridgehead atoms. The fraction of sp³-hybridized carbons (Fsp3) is 0.458. The van der Waals surface area contributed by atoms with Crippen molar-refractivity contribution in [3.05, 3.63) is 71.8 Å². The lowest BCUT2D eigenvalue weighted by Gasteiger charge is -2.36. The molecule has 0 radical (unpaired) electrons. The molecule has 1 saturated heterocycles. The SMILES string of the molecule is C[C@H](Cc1ccccc1)C(=O)N1[C@@H](Cc2ccccc2)C(C)(C)OC1(C)C. The third kappa shape index (κ3) is 4.24. The first-order valence-corrected chi connectivity index (χ1v) is 9.82. The molecule has 0 saturated carbocycles. The van der Waals surface area contributed by atoms with Gasteiger partial charge in [0.05, 0.1) is 11.6 Å². The Bertz CT molecular complexity index is 767. The van der Waals surface area contributed by atoms with Gasteiger partial charge in [-0.05, 0) is 51.7 Å². The third-order valence-corrected chi connectivity index (χ3v) is 5.52. The maximum atomic E-state index is 13.5. The Balaban J connectivity index is 1.85. The fourth-order valence-corrected chi connectivity index (χ4v) is 4.33. The molecule has 2 aromatic rings. The average Bonchev–Trinajstić information content (AvgIpc) is 2.79. The number of nitrogens with zero attached hydrogens (tertiary/aromatic N) is 1. The molecule has 144 valence electrons. The minimum Gasteiger partial charge on any atom is -0.348 e. The molecule has 0 aliphatic carbocycles. The predicted molar refractivity (Wildman–Crippen MR) is 109 cm³/mol. The summed E-state index contributed by atoms with van der Waals surface area (Å²) >= 11 is 0. The van der Waals surface area contributed by atoms with Gasteiger partial charge < -0.3 is 9.64 Å². The number of rotatable bonds is 5. The van der Waals surface area contributed by atoms with Gasteiger partial charge in [0, 0.05) is 5.92 Å². The number of amides is 1. The quantitative estimate of drug-likeness (QED) is 0.758. The Morgan fingerprint density at radius 2 is 1.48 bits per heavy atom. The van der Waals surface area contributed by atoms with Gasteiger partial charge in [0.25, 0.3) is 0 Å². The van der Waals surface area contributed by atoms with E-state index in [1.807, 2.05) is 62.1 Å². The van der Waals surface area contributed by atoms with E-state index in [0.717, 1.165) is 12.8 Å². The molecule has 1 heterocycles. The molecule has 2 aromatic carbocycles. The van der Waals surface area contributed by atoms with Crippen molar-refractivity contribution in [2.24, 2.45) is 5.92 Å². The van der Waals surface area contributed by atoms with Gasteiger partial charge in [-0.3, -0.25) is 4.79 Å². The lowest BCUT2D eigenvalue weighted by Crippen LogP contribution is -2.52. The van der Waals surface area contributed by atoms with Crippen LogP contribution in [-0.4, -0.2) is 28.2 Å². The normalized spacial score (nSPS) is 21.8. The molecule has 3 heteroatoms. The molecular weight excluding hydrogens is 334 g/mol. The van der Waals surface area contributed by atoms with Crippen molar-refractivity contribution in [3.8, 4) is 0 Å². The van der Waals surface area contributed by atoms with Crippen LogP contribution in [-0.2, 0) is 22.4 Å². The molecule has 2 atom stereocenters. The van der Waals surface area contributed by atoms with Gasteiger partial charge in [0.2, 0.25) is 5.91 Å². The van der Waals surface area contributed by atoms with Crippen LogP contribution in [0.3, 0.4) is 0 Å². The molecule has 3 nitrogen and oxygen atoms in total. The third-order valence-electron chi connectivity index (χ3n) is 5.52. The predicted octanol–water partition coefficient (Wildman–Crippen LogP) is 4.85. The second kappa shape index (κ2) is 7.47. The number of carbonyl (C=O) groups excluding carboxylic acids is 1. The monoisotopic (exact) mass is 365 g/mol. The molecule has 0 N–H and O–H groups in total. The van der Waals surface area contributed by atoms with Crippen molar-refractivity contribution in [2.45, 2.75) is 64.8 Å². The summed E-state index contributed by atoms with van der Waals surface area (Å²) in [5.74, 6) is 0.0674. The van der Waals surface area contributed by atoms with Crippen molar-refractivity contribution in [2.75, 3.05) is 0 Å². The van der Waals surface area contributed by atoms with Crippen LogP contribution in [0.5, 0.6) is 0 Å². The topological polar surface area (TPSA) is 29.5 Å². The van der Waals surface area contributed by atoms with Crippen molar-refractivity contribution in [1.82, 2.24) is 4.90 Å². The van der Waals surface area contributed by atoms with Crippen molar-refractivity contribution < 1.29 is 9.53 Å². The molecule has 1 aliphatic rings. The first-order valence-electron chi connectivity index (χ1n) is 9.82. The number of hydrogen-bond acceptors (Lipinski definition) is 2. The smallest absolute Gasteiger partial charge is 0.228 e. The highest BCUT2D eigenvalue weighted by Gasteiger charge is 2.54. The summed E-state index contributed by atoms with van der Waals surface area (Å²) in [4.78, 5) is 15.5. The van der Waals surface area contributed by atoms with E-state index >= 15 is 0 Å². The summed E-state index contributed by atoms with van der Waals surface area (Å²) < 4.78 is 6.36. The van der Waals surface area contributed by atoms with Crippen molar-refractivity contribution in [1.29, 1.82) is 0 Å². The van der Waals surface area contributed by atoms with E-state index in [1.54, 1.807) is 0 Å². The van der Waals surface area contributed by atoms with E-state index in [9.17, 15) is 4.79 Å².